The van der Waals surface area contributed by atoms with E-state index in [4.69, 9.17) is 16.3 Å². The molecule has 0 bridgehead atoms. The van der Waals surface area contributed by atoms with Crippen LogP contribution >= 0.6 is 11.6 Å². The molecular weight excluding hydrogens is 444 g/mol. The number of ether oxygens (including phenoxy) is 1. The smallest absolute Gasteiger partial charge is 0.292 e. The number of nitro benzene ring substituents is 1. The third-order valence-electron chi connectivity index (χ3n) is 6.51. The lowest BCUT2D eigenvalue weighted by atomic mass is 9.95. The number of nitrogens with zero attached hydrogens (tertiary/aromatic N) is 3. The molecule has 2 aromatic rings. The van der Waals surface area contributed by atoms with Gasteiger partial charge in [-0.15, -0.1) is 0 Å². The Morgan fingerprint density at radius 3 is 2.45 bits per heavy atom. The van der Waals surface area contributed by atoms with Crippen molar-refractivity contribution in [1.29, 1.82) is 0 Å². The Morgan fingerprint density at radius 1 is 1.09 bits per heavy atom. The summed E-state index contributed by atoms with van der Waals surface area (Å²) < 4.78 is 5.50. The predicted molar refractivity (Wildman–Crippen MR) is 128 cm³/mol. The number of carbonyl (C=O) groups is 1. The first kappa shape index (κ1) is 23.5. The maximum Gasteiger partial charge on any atom is 0.292 e. The van der Waals surface area contributed by atoms with Gasteiger partial charge in [0.05, 0.1) is 24.2 Å². The van der Waals surface area contributed by atoms with Gasteiger partial charge >= 0.3 is 0 Å². The van der Waals surface area contributed by atoms with Gasteiger partial charge in [0.1, 0.15) is 5.69 Å². The molecule has 0 spiro atoms. The normalized spacial score (nSPS) is 18.6. The van der Waals surface area contributed by atoms with E-state index in [-0.39, 0.29) is 28.5 Å². The Labute approximate surface area is 198 Å². The molecule has 176 valence electrons. The fraction of sp³-hybridized carbons (Fsp3) is 0.458. The molecule has 0 radical (unpaired) electrons. The molecule has 1 unspecified atom stereocenters. The number of piperidine rings is 1. The average molecular weight is 473 g/mol. The number of hydrogen-bond acceptors (Lipinski definition) is 6. The molecule has 0 aromatic heterocycles. The monoisotopic (exact) mass is 472 g/mol. The van der Waals surface area contributed by atoms with E-state index in [0.29, 0.717) is 56.4 Å². The van der Waals surface area contributed by atoms with Crippen molar-refractivity contribution < 1.29 is 14.5 Å². The lowest BCUT2D eigenvalue weighted by Crippen LogP contribution is -2.46. The quantitative estimate of drug-likeness (QED) is 0.489. The summed E-state index contributed by atoms with van der Waals surface area (Å²) in [5.74, 6) is -0.0804. The van der Waals surface area contributed by atoms with E-state index in [1.165, 1.54) is 6.07 Å². The van der Waals surface area contributed by atoms with Crippen LogP contribution in [0, 0.1) is 16.0 Å². The third kappa shape index (κ3) is 5.63. The fourth-order valence-electron chi connectivity index (χ4n) is 4.68. The van der Waals surface area contributed by atoms with Crippen molar-refractivity contribution in [3.63, 3.8) is 0 Å². The van der Waals surface area contributed by atoms with Gasteiger partial charge in [0.25, 0.3) is 5.69 Å². The molecule has 8 nitrogen and oxygen atoms in total. The molecule has 0 aliphatic carbocycles. The van der Waals surface area contributed by atoms with Crippen molar-refractivity contribution in [3.05, 3.63) is 69.2 Å². The van der Waals surface area contributed by atoms with Crippen LogP contribution < -0.4 is 10.2 Å². The van der Waals surface area contributed by atoms with Gasteiger partial charge < -0.3 is 15.0 Å². The fourth-order valence-corrected chi connectivity index (χ4v) is 4.94. The summed E-state index contributed by atoms with van der Waals surface area (Å²) in [5.41, 5.74) is 1.73. The SMILES string of the molecule is O=C(NCC(c1ccccc1Cl)N1CCOCC1)C1CCN(c2ccccc2[N+](=O)[O-])CC1. The van der Waals surface area contributed by atoms with Crippen molar-refractivity contribution in [2.45, 2.75) is 18.9 Å². The number of morpholine rings is 1. The molecule has 2 aliphatic rings. The summed E-state index contributed by atoms with van der Waals surface area (Å²) in [7, 11) is 0. The molecule has 0 saturated carbocycles. The van der Waals surface area contributed by atoms with Gasteiger partial charge in [0.15, 0.2) is 0 Å². The summed E-state index contributed by atoms with van der Waals surface area (Å²) in [4.78, 5) is 28.3. The average Bonchev–Trinajstić information content (AvgIpc) is 2.86. The van der Waals surface area contributed by atoms with Crippen molar-refractivity contribution >= 4 is 28.9 Å². The number of anilines is 1. The highest BCUT2D eigenvalue weighted by molar-refractivity contribution is 6.31. The second-order valence-corrected chi connectivity index (χ2v) is 8.85. The summed E-state index contributed by atoms with van der Waals surface area (Å²) in [5, 5.41) is 15.2. The molecule has 2 heterocycles. The Morgan fingerprint density at radius 2 is 1.76 bits per heavy atom. The zero-order valence-electron chi connectivity index (χ0n) is 18.5. The van der Waals surface area contributed by atoms with Crippen LogP contribution in [0.1, 0.15) is 24.4 Å². The zero-order valence-corrected chi connectivity index (χ0v) is 19.2. The molecule has 9 heteroatoms. The number of benzene rings is 2. The van der Waals surface area contributed by atoms with E-state index in [1.54, 1.807) is 12.1 Å². The van der Waals surface area contributed by atoms with Gasteiger partial charge in [0, 0.05) is 49.7 Å². The molecule has 1 amide bonds. The minimum Gasteiger partial charge on any atom is -0.379 e. The molecule has 33 heavy (non-hydrogen) atoms. The van der Waals surface area contributed by atoms with Crippen LogP contribution in [0.15, 0.2) is 48.5 Å². The van der Waals surface area contributed by atoms with Gasteiger partial charge in [-0.05, 0) is 30.5 Å². The molecule has 2 fully saturated rings. The van der Waals surface area contributed by atoms with Gasteiger partial charge in [-0.2, -0.15) is 0 Å². The van der Waals surface area contributed by atoms with Crippen LogP contribution in [0.5, 0.6) is 0 Å². The van der Waals surface area contributed by atoms with Crippen LogP contribution in [0.2, 0.25) is 5.02 Å². The summed E-state index contributed by atoms with van der Waals surface area (Å²) in [6.45, 7) is 4.62. The van der Waals surface area contributed by atoms with Crippen molar-refractivity contribution in [1.82, 2.24) is 10.2 Å². The van der Waals surface area contributed by atoms with Crippen molar-refractivity contribution in [2.75, 3.05) is 50.8 Å². The van der Waals surface area contributed by atoms with E-state index in [1.807, 2.05) is 35.2 Å². The van der Waals surface area contributed by atoms with Crippen LogP contribution in [0.4, 0.5) is 11.4 Å². The number of para-hydroxylation sites is 2. The second-order valence-electron chi connectivity index (χ2n) is 8.44. The highest BCUT2D eigenvalue weighted by Crippen LogP contribution is 2.32. The Bertz CT molecular complexity index is 974. The molecule has 2 saturated heterocycles. The second kappa shape index (κ2) is 11.0. The third-order valence-corrected chi connectivity index (χ3v) is 6.85. The lowest BCUT2D eigenvalue weighted by molar-refractivity contribution is -0.384. The molecule has 2 aliphatic heterocycles. The van der Waals surface area contributed by atoms with E-state index in [0.717, 1.165) is 18.7 Å². The zero-order chi connectivity index (χ0) is 23.2. The molecular formula is C24H29ClN4O4. The van der Waals surface area contributed by atoms with E-state index < -0.39 is 0 Å². The number of nitro groups is 1. The highest BCUT2D eigenvalue weighted by atomic mass is 35.5. The topological polar surface area (TPSA) is 88.0 Å². The summed E-state index contributed by atoms with van der Waals surface area (Å²) in [6.07, 6.45) is 1.32. The number of amides is 1. The molecule has 4 rings (SSSR count). The Balaban J connectivity index is 1.37. The summed E-state index contributed by atoms with van der Waals surface area (Å²) in [6, 6.07) is 14.5. The minimum absolute atomic E-state index is 0.0152. The Hall–Kier alpha value is -2.68. The molecule has 1 N–H and O–H groups in total. The van der Waals surface area contributed by atoms with Gasteiger partial charge in [-0.25, -0.2) is 0 Å². The maximum atomic E-state index is 13.0. The van der Waals surface area contributed by atoms with E-state index in [2.05, 4.69) is 10.2 Å². The number of rotatable bonds is 7. The standard InChI is InChI=1S/C24H29ClN4O4/c25-20-6-2-1-5-19(20)23(28-13-15-33-16-14-28)17-26-24(30)18-9-11-27(12-10-18)21-7-3-4-8-22(21)29(31)32/h1-8,18,23H,9-17H2,(H,26,30). The van der Waals surface area contributed by atoms with Crippen LogP contribution in [0.25, 0.3) is 0 Å². The minimum atomic E-state index is -0.353. The van der Waals surface area contributed by atoms with Gasteiger partial charge in [-0.1, -0.05) is 41.9 Å². The lowest BCUT2D eigenvalue weighted by Gasteiger charge is -2.36. The number of carbonyl (C=O) groups excluding carboxylic acids is 1. The van der Waals surface area contributed by atoms with Crippen molar-refractivity contribution in [2.24, 2.45) is 5.92 Å². The maximum absolute atomic E-state index is 13.0. The Kier molecular flexibility index (Phi) is 7.80. The highest BCUT2D eigenvalue weighted by Gasteiger charge is 2.30. The van der Waals surface area contributed by atoms with E-state index >= 15 is 0 Å². The first-order valence-electron chi connectivity index (χ1n) is 11.4. The van der Waals surface area contributed by atoms with Crippen LogP contribution in [-0.2, 0) is 9.53 Å². The first-order chi connectivity index (χ1) is 16.0. The first-order valence-corrected chi connectivity index (χ1v) is 11.7. The predicted octanol–water partition coefficient (Wildman–Crippen LogP) is 3.65. The molecule has 1 atom stereocenters. The van der Waals surface area contributed by atoms with Crippen LogP contribution in [0.3, 0.4) is 0 Å². The summed E-state index contributed by atoms with van der Waals surface area (Å²) >= 11 is 6.49. The largest absolute Gasteiger partial charge is 0.379 e. The number of halogens is 1. The number of nitrogens with one attached hydrogen (secondary N) is 1. The van der Waals surface area contributed by atoms with Gasteiger partial charge in [-0.3, -0.25) is 19.8 Å². The molecule has 2 aromatic carbocycles. The number of hydrogen-bond donors (Lipinski definition) is 1. The van der Waals surface area contributed by atoms with Crippen molar-refractivity contribution in [3.8, 4) is 0 Å². The van der Waals surface area contributed by atoms with Gasteiger partial charge in [0.2, 0.25) is 5.91 Å². The van der Waals surface area contributed by atoms with E-state index in [9.17, 15) is 14.9 Å². The van der Waals surface area contributed by atoms with Crippen LogP contribution in [-0.4, -0.2) is 61.7 Å².